The Balaban J connectivity index is 2.11. The van der Waals surface area contributed by atoms with Crippen molar-refractivity contribution in [3.8, 4) is 17.2 Å². The summed E-state index contributed by atoms with van der Waals surface area (Å²) >= 11 is 0. The van der Waals surface area contributed by atoms with Crippen LogP contribution in [0.5, 0.6) is 17.2 Å². The van der Waals surface area contributed by atoms with E-state index in [4.69, 9.17) is 14.2 Å². The summed E-state index contributed by atoms with van der Waals surface area (Å²) in [4.78, 5) is 25.4. The molecule has 0 aliphatic carbocycles. The fourth-order valence-electron chi connectivity index (χ4n) is 2.74. The molecule has 0 saturated heterocycles. The number of hydrogen-bond donors (Lipinski definition) is 2. The first-order chi connectivity index (χ1) is 13.9. The number of amides is 2. The van der Waals surface area contributed by atoms with Gasteiger partial charge in [-0.1, -0.05) is 13.8 Å². The van der Waals surface area contributed by atoms with Crippen molar-refractivity contribution < 1.29 is 23.8 Å². The molecular weight excluding hydrogens is 372 g/mol. The number of ether oxygens (including phenoxy) is 3. The lowest BCUT2D eigenvalue weighted by Gasteiger charge is -2.22. The molecule has 0 unspecified atom stereocenters. The molecule has 0 heterocycles. The maximum absolute atomic E-state index is 12.8. The number of nitrogens with one attached hydrogen (secondary N) is 2. The molecule has 29 heavy (non-hydrogen) atoms. The minimum atomic E-state index is -0.706. The van der Waals surface area contributed by atoms with Crippen LogP contribution >= 0.6 is 0 Å². The van der Waals surface area contributed by atoms with E-state index in [2.05, 4.69) is 10.6 Å². The highest BCUT2D eigenvalue weighted by atomic mass is 16.5. The Bertz CT molecular complexity index is 834. The normalized spacial score (nSPS) is 11.5. The second-order valence-electron chi connectivity index (χ2n) is 6.71. The van der Waals surface area contributed by atoms with E-state index in [1.54, 1.807) is 49.6 Å². The highest BCUT2D eigenvalue weighted by Gasteiger charge is 2.25. The van der Waals surface area contributed by atoms with Crippen molar-refractivity contribution in [1.29, 1.82) is 0 Å². The summed E-state index contributed by atoms with van der Waals surface area (Å²) in [6.45, 7) is 6.14. The maximum Gasteiger partial charge on any atom is 0.251 e. The van der Waals surface area contributed by atoms with Crippen molar-refractivity contribution in [2.24, 2.45) is 5.92 Å². The average molecular weight is 400 g/mol. The molecule has 0 bridgehead atoms. The Labute approximate surface area is 171 Å². The van der Waals surface area contributed by atoms with Crippen molar-refractivity contribution in [2.75, 3.05) is 26.1 Å². The van der Waals surface area contributed by atoms with Gasteiger partial charge in [-0.3, -0.25) is 9.59 Å². The van der Waals surface area contributed by atoms with Crippen molar-refractivity contribution in [3.63, 3.8) is 0 Å². The number of benzene rings is 2. The molecule has 0 saturated carbocycles. The van der Waals surface area contributed by atoms with E-state index in [1.165, 1.54) is 7.11 Å². The van der Waals surface area contributed by atoms with Gasteiger partial charge in [-0.2, -0.15) is 0 Å². The number of methoxy groups -OCH3 is 2. The molecule has 156 valence electrons. The van der Waals surface area contributed by atoms with E-state index in [0.717, 1.165) is 0 Å². The van der Waals surface area contributed by atoms with Crippen LogP contribution in [0.4, 0.5) is 5.69 Å². The highest BCUT2D eigenvalue weighted by molar-refractivity contribution is 6.01. The molecule has 2 amide bonds. The molecule has 2 N–H and O–H groups in total. The number of rotatable bonds is 9. The van der Waals surface area contributed by atoms with Gasteiger partial charge in [0.1, 0.15) is 11.8 Å². The first kappa shape index (κ1) is 22.1. The Morgan fingerprint density at radius 2 is 1.66 bits per heavy atom. The Morgan fingerprint density at radius 3 is 2.21 bits per heavy atom. The van der Waals surface area contributed by atoms with Crippen molar-refractivity contribution in [2.45, 2.75) is 26.8 Å². The SMILES string of the molecule is CCOc1ccc(NC(=O)[C@@H](NC(=O)c2ccc(OC)cc2)C(C)C)cc1OC. The fraction of sp³-hybridized carbons (Fsp3) is 0.364. The quantitative estimate of drug-likeness (QED) is 0.673. The summed E-state index contributed by atoms with van der Waals surface area (Å²) in [7, 11) is 3.10. The van der Waals surface area contributed by atoms with Gasteiger partial charge in [0.25, 0.3) is 5.91 Å². The fourth-order valence-corrected chi connectivity index (χ4v) is 2.74. The van der Waals surface area contributed by atoms with Crippen LogP contribution in [0.3, 0.4) is 0 Å². The van der Waals surface area contributed by atoms with Gasteiger partial charge in [0.2, 0.25) is 5.91 Å². The summed E-state index contributed by atoms with van der Waals surface area (Å²) in [5, 5.41) is 5.64. The van der Waals surface area contributed by atoms with Crippen LogP contribution in [0.15, 0.2) is 42.5 Å². The summed E-state index contributed by atoms with van der Waals surface area (Å²) in [5.74, 6) is 1.03. The van der Waals surface area contributed by atoms with Gasteiger partial charge in [0.15, 0.2) is 11.5 Å². The molecule has 0 radical (unpaired) electrons. The zero-order valence-corrected chi connectivity index (χ0v) is 17.4. The Hall–Kier alpha value is -3.22. The third-order valence-corrected chi connectivity index (χ3v) is 4.32. The summed E-state index contributed by atoms with van der Waals surface area (Å²) < 4.78 is 15.9. The predicted octanol–water partition coefficient (Wildman–Crippen LogP) is 3.50. The van der Waals surface area contributed by atoms with E-state index in [-0.39, 0.29) is 17.7 Å². The van der Waals surface area contributed by atoms with Crippen molar-refractivity contribution in [3.05, 3.63) is 48.0 Å². The van der Waals surface area contributed by atoms with Gasteiger partial charge in [-0.25, -0.2) is 0 Å². The topological polar surface area (TPSA) is 85.9 Å². The molecule has 7 nitrogen and oxygen atoms in total. The molecular formula is C22H28N2O5. The number of carbonyl (C=O) groups excluding carboxylic acids is 2. The third kappa shape index (κ3) is 5.88. The number of anilines is 1. The first-order valence-corrected chi connectivity index (χ1v) is 9.46. The van der Waals surface area contributed by atoms with Gasteiger partial charge in [-0.05, 0) is 49.2 Å². The zero-order valence-electron chi connectivity index (χ0n) is 17.4. The van der Waals surface area contributed by atoms with Crippen LogP contribution in [0.2, 0.25) is 0 Å². The molecule has 0 aromatic heterocycles. The van der Waals surface area contributed by atoms with Gasteiger partial charge in [0, 0.05) is 17.3 Å². The lowest BCUT2D eigenvalue weighted by atomic mass is 10.0. The number of carbonyl (C=O) groups is 2. The minimum absolute atomic E-state index is 0.109. The van der Waals surface area contributed by atoms with E-state index in [1.807, 2.05) is 20.8 Å². The van der Waals surface area contributed by atoms with Gasteiger partial charge in [-0.15, -0.1) is 0 Å². The molecule has 2 aromatic carbocycles. The van der Waals surface area contributed by atoms with Crippen molar-refractivity contribution >= 4 is 17.5 Å². The van der Waals surface area contributed by atoms with Crippen LogP contribution in [-0.2, 0) is 4.79 Å². The molecule has 0 aliphatic heterocycles. The predicted molar refractivity (Wildman–Crippen MR) is 112 cm³/mol. The van der Waals surface area contributed by atoms with Crippen LogP contribution in [0, 0.1) is 5.92 Å². The second kappa shape index (κ2) is 10.4. The molecule has 2 aromatic rings. The average Bonchev–Trinajstić information content (AvgIpc) is 2.72. The van der Waals surface area contributed by atoms with Gasteiger partial charge in [0.05, 0.1) is 20.8 Å². The van der Waals surface area contributed by atoms with Crippen LogP contribution in [0.1, 0.15) is 31.1 Å². The Kier molecular flexibility index (Phi) is 7.88. The highest BCUT2D eigenvalue weighted by Crippen LogP contribution is 2.30. The van der Waals surface area contributed by atoms with Crippen LogP contribution in [0.25, 0.3) is 0 Å². The molecule has 0 aliphatic rings. The van der Waals surface area contributed by atoms with E-state index in [9.17, 15) is 9.59 Å². The first-order valence-electron chi connectivity index (χ1n) is 9.46. The Morgan fingerprint density at radius 1 is 0.966 bits per heavy atom. The summed E-state index contributed by atoms with van der Waals surface area (Å²) in [6, 6.07) is 11.2. The maximum atomic E-state index is 12.8. The minimum Gasteiger partial charge on any atom is -0.497 e. The summed E-state index contributed by atoms with van der Waals surface area (Å²) in [6.07, 6.45) is 0. The monoisotopic (exact) mass is 400 g/mol. The molecule has 0 fully saturated rings. The molecule has 1 atom stereocenters. The van der Waals surface area contributed by atoms with E-state index < -0.39 is 6.04 Å². The van der Waals surface area contributed by atoms with E-state index >= 15 is 0 Å². The largest absolute Gasteiger partial charge is 0.497 e. The van der Waals surface area contributed by atoms with Crippen LogP contribution < -0.4 is 24.8 Å². The number of hydrogen-bond acceptors (Lipinski definition) is 5. The lowest BCUT2D eigenvalue weighted by molar-refractivity contribution is -0.118. The molecule has 0 spiro atoms. The molecule has 2 rings (SSSR count). The lowest BCUT2D eigenvalue weighted by Crippen LogP contribution is -2.47. The third-order valence-electron chi connectivity index (χ3n) is 4.32. The smallest absolute Gasteiger partial charge is 0.251 e. The van der Waals surface area contributed by atoms with Crippen molar-refractivity contribution in [1.82, 2.24) is 5.32 Å². The van der Waals surface area contributed by atoms with E-state index in [0.29, 0.717) is 35.1 Å². The van der Waals surface area contributed by atoms with Crippen LogP contribution in [-0.4, -0.2) is 38.7 Å². The van der Waals surface area contributed by atoms with Gasteiger partial charge >= 0.3 is 0 Å². The second-order valence-corrected chi connectivity index (χ2v) is 6.71. The molecule has 7 heteroatoms. The summed E-state index contributed by atoms with van der Waals surface area (Å²) in [5.41, 5.74) is 1.01. The van der Waals surface area contributed by atoms with Gasteiger partial charge < -0.3 is 24.8 Å². The standard InChI is InChI=1S/C22H28N2O5/c1-6-29-18-12-9-16(13-19(18)28-5)23-22(26)20(14(2)3)24-21(25)15-7-10-17(27-4)11-8-15/h7-14,20H,6H2,1-5H3,(H,23,26)(H,24,25)/t20-/m0/s1. The zero-order chi connectivity index (χ0) is 21.4.